The number of hydrogen-bond acceptors (Lipinski definition) is 8. The minimum Gasteiger partial charge on any atom is -0.369 e. The summed E-state index contributed by atoms with van der Waals surface area (Å²) < 4.78 is 15.1. The predicted octanol–water partition coefficient (Wildman–Crippen LogP) is 1.73. The van der Waals surface area contributed by atoms with Crippen molar-refractivity contribution in [3.05, 3.63) is 57.9 Å². The lowest BCUT2D eigenvalue weighted by molar-refractivity contribution is -0.122. The minimum atomic E-state index is -1.60. The number of anilines is 1. The van der Waals surface area contributed by atoms with Gasteiger partial charge in [0.05, 0.1) is 17.4 Å². The Hall–Kier alpha value is -3.61. The van der Waals surface area contributed by atoms with Crippen molar-refractivity contribution in [2.45, 2.75) is 49.1 Å². The fourth-order valence-electron chi connectivity index (χ4n) is 6.67. The highest BCUT2D eigenvalue weighted by Gasteiger charge is 2.54. The first-order valence-electron chi connectivity index (χ1n) is 14.7. The van der Waals surface area contributed by atoms with Gasteiger partial charge in [-0.2, -0.15) is 4.98 Å². The zero-order valence-corrected chi connectivity index (χ0v) is 24.8. The second kappa shape index (κ2) is 10.6. The van der Waals surface area contributed by atoms with E-state index < -0.39 is 10.8 Å². The standard InChI is InChI=1S/C30H36N8O3S/c1-19-3-6-24(20(2)15-19)42(41)29-27-33-28(40)22-5-4-21(16-23(22)38(27)35-34-29)37-13-11-36(12-14-37)18-26(39)32-25-17-30(25)7-9-31-10-8-30/h3-6,15-16,25,31,35H,7-14,17-18H2,1-2H3,(H,32,39). The Morgan fingerprint density at radius 3 is 2.64 bits per heavy atom. The second-order valence-corrected chi connectivity index (χ2v) is 13.4. The Kier molecular flexibility index (Phi) is 6.87. The molecule has 2 aromatic heterocycles. The van der Waals surface area contributed by atoms with Gasteiger partial charge in [0, 0.05) is 42.8 Å². The molecule has 11 nitrogen and oxygen atoms in total. The van der Waals surface area contributed by atoms with E-state index in [2.05, 4.69) is 35.7 Å². The predicted molar refractivity (Wildman–Crippen MR) is 161 cm³/mol. The zero-order chi connectivity index (χ0) is 29.0. The van der Waals surface area contributed by atoms with Crippen LogP contribution in [0, 0.1) is 19.3 Å². The van der Waals surface area contributed by atoms with Gasteiger partial charge in [-0.25, -0.2) is 13.9 Å². The van der Waals surface area contributed by atoms with Gasteiger partial charge in [-0.3, -0.25) is 14.5 Å². The van der Waals surface area contributed by atoms with Gasteiger partial charge in [-0.15, -0.1) is 5.10 Å². The Morgan fingerprint density at radius 1 is 1.10 bits per heavy atom. The molecule has 42 heavy (non-hydrogen) atoms. The summed E-state index contributed by atoms with van der Waals surface area (Å²) in [7, 11) is -1.60. The number of carbonyl (C=O) groups excluding carboxylic acids is 1. The Labute approximate surface area is 246 Å². The van der Waals surface area contributed by atoms with Crippen LogP contribution in [0.4, 0.5) is 5.69 Å². The molecule has 7 rings (SSSR count). The number of amides is 1. The molecule has 12 heteroatoms. The average Bonchev–Trinajstić information content (AvgIpc) is 3.42. The second-order valence-electron chi connectivity index (χ2n) is 12.0. The van der Waals surface area contributed by atoms with Crippen LogP contribution in [0.15, 0.2) is 51.1 Å². The quantitative estimate of drug-likeness (QED) is 0.311. The van der Waals surface area contributed by atoms with E-state index in [1.54, 1.807) is 10.6 Å². The number of aromatic nitrogens is 4. The monoisotopic (exact) mass is 588 g/mol. The molecule has 220 valence electrons. The molecule has 1 amide bonds. The highest BCUT2D eigenvalue weighted by molar-refractivity contribution is 7.85. The van der Waals surface area contributed by atoms with E-state index in [0.717, 1.165) is 75.3 Å². The lowest BCUT2D eigenvalue weighted by Crippen LogP contribution is -2.50. The van der Waals surface area contributed by atoms with Gasteiger partial charge in [0.25, 0.3) is 5.56 Å². The molecule has 3 N–H and O–H groups in total. The van der Waals surface area contributed by atoms with Crippen molar-refractivity contribution in [3.8, 4) is 0 Å². The summed E-state index contributed by atoms with van der Waals surface area (Å²) in [5, 5.41) is 14.7. The number of piperidine rings is 1. The van der Waals surface area contributed by atoms with Crippen LogP contribution in [-0.4, -0.2) is 86.7 Å². The highest BCUT2D eigenvalue weighted by Crippen LogP contribution is 2.52. The number of H-pyrrole nitrogens is 1. The molecular formula is C30H36N8O3S. The third-order valence-electron chi connectivity index (χ3n) is 9.25. The van der Waals surface area contributed by atoms with E-state index in [1.165, 1.54) is 0 Å². The SMILES string of the molecule is Cc1ccc(S(=O)c2n[nH]n3c2nc(=O)c2ccc(N4CCN(CC(=O)NC5CC56CCNCC6)CC4)cc23)c(C)c1. The van der Waals surface area contributed by atoms with E-state index in [9.17, 15) is 13.8 Å². The molecular weight excluding hydrogens is 552 g/mol. The van der Waals surface area contributed by atoms with Crippen LogP contribution in [0.3, 0.4) is 0 Å². The lowest BCUT2D eigenvalue weighted by Gasteiger charge is -2.36. The van der Waals surface area contributed by atoms with Crippen molar-refractivity contribution in [3.63, 3.8) is 0 Å². The van der Waals surface area contributed by atoms with Crippen molar-refractivity contribution in [2.24, 2.45) is 5.41 Å². The molecule has 4 heterocycles. The number of benzene rings is 2. The van der Waals surface area contributed by atoms with Crippen LogP contribution in [0.1, 0.15) is 30.4 Å². The Balaban J connectivity index is 1.06. The third-order valence-corrected chi connectivity index (χ3v) is 10.7. The molecule has 2 saturated heterocycles. The maximum atomic E-state index is 13.5. The van der Waals surface area contributed by atoms with Crippen LogP contribution in [0.2, 0.25) is 0 Å². The van der Waals surface area contributed by atoms with Crippen molar-refractivity contribution in [1.29, 1.82) is 0 Å². The maximum Gasteiger partial charge on any atom is 0.281 e. The number of hydrogen-bond donors (Lipinski definition) is 3. The molecule has 1 spiro atoms. The number of piperazine rings is 1. The van der Waals surface area contributed by atoms with Crippen molar-refractivity contribution >= 4 is 38.9 Å². The smallest absolute Gasteiger partial charge is 0.281 e. The lowest BCUT2D eigenvalue weighted by atomic mass is 9.94. The molecule has 3 fully saturated rings. The minimum absolute atomic E-state index is 0.122. The highest BCUT2D eigenvalue weighted by atomic mass is 32.2. The first-order valence-corrected chi connectivity index (χ1v) is 15.8. The molecule has 1 aliphatic carbocycles. The molecule has 3 aliphatic rings. The normalized spacial score (nSPS) is 21.2. The van der Waals surface area contributed by atoms with Gasteiger partial charge in [0.1, 0.15) is 10.8 Å². The van der Waals surface area contributed by atoms with E-state index in [0.29, 0.717) is 33.8 Å². The molecule has 2 unspecified atom stereocenters. The van der Waals surface area contributed by atoms with Gasteiger partial charge < -0.3 is 15.5 Å². The summed E-state index contributed by atoms with van der Waals surface area (Å²) in [5.41, 5.74) is 3.81. The molecule has 2 atom stereocenters. The van der Waals surface area contributed by atoms with Crippen LogP contribution in [-0.2, 0) is 15.6 Å². The summed E-state index contributed by atoms with van der Waals surface area (Å²) >= 11 is 0. The van der Waals surface area contributed by atoms with Crippen LogP contribution < -0.4 is 21.1 Å². The fraction of sp³-hybridized carbons (Fsp3) is 0.467. The van der Waals surface area contributed by atoms with E-state index in [4.69, 9.17) is 0 Å². The number of rotatable bonds is 6. The van der Waals surface area contributed by atoms with Gasteiger partial charge in [0.15, 0.2) is 10.7 Å². The molecule has 1 saturated carbocycles. The van der Waals surface area contributed by atoms with Crippen LogP contribution in [0.5, 0.6) is 0 Å². The topological polar surface area (TPSA) is 128 Å². The Morgan fingerprint density at radius 2 is 1.88 bits per heavy atom. The number of aromatic amines is 1. The van der Waals surface area contributed by atoms with E-state index in [1.807, 2.05) is 44.2 Å². The van der Waals surface area contributed by atoms with Gasteiger partial charge in [-0.1, -0.05) is 17.7 Å². The Bertz CT molecular complexity index is 1770. The number of carbonyl (C=O) groups is 1. The third kappa shape index (κ3) is 4.91. The largest absolute Gasteiger partial charge is 0.369 e. The zero-order valence-electron chi connectivity index (χ0n) is 24.0. The molecule has 2 aliphatic heterocycles. The van der Waals surface area contributed by atoms with E-state index in [-0.39, 0.29) is 22.1 Å². The number of aryl methyl sites for hydroxylation is 2. The van der Waals surface area contributed by atoms with Gasteiger partial charge >= 0.3 is 0 Å². The molecule has 0 radical (unpaired) electrons. The summed E-state index contributed by atoms with van der Waals surface area (Å²) in [6, 6.07) is 11.8. The maximum absolute atomic E-state index is 13.5. The molecule has 0 bridgehead atoms. The van der Waals surface area contributed by atoms with Crippen LogP contribution >= 0.6 is 0 Å². The van der Waals surface area contributed by atoms with Crippen LogP contribution in [0.25, 0.3) is 16.6 Å². The van der Waals surface area contributed by atoms with Crippen molar-refractivity contribution in [2.75, 3.05) is 50.7 Å². The van der Waals surface area contributed by atoms with Gasteiger partial charge in [-0.05, 0) is 81.4 Å². The molecule has 2 aromatic carbocycles. The average molecular weight is 589 g/mol. The summed E-state index contributed by atoms with van der Waals surface area (Å²) in [5.74, 6) is 0.122. The van der Waals surface area contributed by atoms with Gasteiger partial charge in [0.2, 0.25) is 5.91 Å². The first-order chi connectivity index (χ1) is 20.3. The van der Waals surface area contributed by atoms with Crippen molar-refractivity contribution < 1.29 is 9.00 Å². The number of nitrogens with one attached hydrogen (secondary N) is 3. The number of nitrogens with zero attached hydrogens (tertiary/aromatic N) is 5. The summed E-state index contributed by atoms with van der Waals surface area (Å²) in [4.78, 5) is 35.1. The van der Waals surface area contributed by atoms with Crippen molar-refractivity contribution in [1.82, 2.24) is 35.3 Å². The number of fused-ring (bicyclic) bond motifs is 3. The fourth-order valence-corrected chi connectivity index (χ4v) is 7.84. The molecule has 4 aromatic rings. The first kappa shape index (κ1) is 27.2. The summed E-state index contributed by atoms with van der Waals surface area (Å²) in [6.45, 7) is 9.52. The van der Waals surface area contributed by atoms with E-state index >= 15 is 0 Å². The summed E-state index contributed by atoms with van der Waals surface area (Å²) in [6.07, 6.45) is 3.42.